The lowest BCUT2D eigenvalue weighted by Crippen LogP contribution is -1.96. The van der Waals surface area contributed by atoms with Crippen molar-refractivity contribution in [2.24, 2.45) is 0 Å². The molecule has 0 fully saturated rings. The average Bonchev–Trinajstić information content (AvgIpc) is 2.17. The van der Waals surface area contributed by atoms with Gasteiger partial charge in [0.25, 0.3) is 0 Å². The van der Waals surface area contributed by atoms with Crippen LogP contribution in [0.5, 0.6) is 0 Å². The minimum atomic E-state index is -0.873. The Bertz CT molecular complexity index is 388. The molecule has 1 aromatic rings. The standard InChI is InChI=1S/C11H11ClO2S/c1-8(11(13)14)5-6-15-10-4-2-3-9(12)7-10/h2-5,7H,6H2,1H3,(H,13,14). The van der Waals surface area contributed by atoms with E-state index in [0.29, 0.717) is 16.3 Å². The molecule has 4 heteroatoms. The van der Waals surface area contributed by atoms with Crippen LogP contribution < -0.4 is 0 Å². The summed E-state index contributed by atoms with van der Waals surface area (Å²) < 4.78 is 0. The summed E-state index contributed by atoms with van der Waals surface area (Å²) >= 11 is 7.37. The van der Waals surface area contributed by atoms with Crippen LogP contribution >= 0.6 is 23.4 Å². The Hall–Kier alpha value is -0.930. The van der Waals surface area contributed by atoms with E-state index < -0.39 is 5.97 Å². The lowest BCUT2D eigenvalue weighted by Gasteiger charge is -1.99. The van der Waals surface area contributed by atoms with Crippen molar-refractivity contribution in [1.82, 2.24) is 0 Å². The lowest BCUT2D eigenvalue weighted by atomic mass is 10.3. The Kier molecular flexibility index (Phi) is 4.72. The Morgan fingerprint density at radius 1 is 1.60 bits per heavy atom. The number of rotatable bonds is 4. The fraction of sp³-hybridized carbons (Fsp3) is 0.182. The number of carboxylic acids is 1. The van der Waals surface area contributed by atoms with Gasteiger partial charge in [-0.25, -0.2) is 4.79 Å². The quantitative estimate of drug-likeness (QED) is 0.649. The van der Waals surface area contributed by atoms with Crippen LogP contribution in [0.15, 0.2) is 40.8 Å². The molecule has 0 atom stereocenters. The first kappa shape index (κ1) is 12.1. The van der Waals surface area contributed by atoms with Gasteiger partial charge in [0, 0.05) is 21.2 Å². The predicted octanol–water partition coefficient (Wildman–Crippen LogP) is 3.46. The first-order valence-corrected chi connectivity index (χ1v) is 5.74. The molecule has 0 aromatic heterocycles. The van der Waals surface area contributed by atoms with E-state index >= 15 is 0 Å². The number of thioether (sulfide) groups is 1. The Balaban J connectivity index is 2.51. The second kappa shape index (κ2) is 5.83. The molecule has 2 nitrogen and oxygen atoms in total. The summed E-state index contributed by atoms with van der Waals surface area (Å²) in [5.74, 6) is -0.236. The molecular weight excluding hydrogens is 232 g/mol. The molecule has 80 valence electrons. The third-order valence-corrected chi connectivity index (χ3v) is 2.93. The molecule has 0 aliphatic rings. The van der Waals surface area contributed by atoms with Crippen molar-refractivity contribution in [2.75, 3.05) is 5.75 Å². The van der Waals surface area contributed by atoms with Gasteiger partial charge in [-0.2, -0.15) is 0 Å². The predicted molar refractivity (Wildman–Crippen MR) is 63.6 cm³/mol. The number of carbonyl (C=O) groups is 1. The van der Waals surface area contributed by atoms with E-state index in [2.05, 4.69) is 0 Å². The number of hydrogen-bond donors (Lipinski definition) is 1. The maximum Gasteiger partial charge on any atom is 0.330 e. The van der Waals surface area contributed by atoms with E-state index in [1.807, 2.05) is 24.3 Å². The molecule has 1 rings (SSSR count). The van der Waals surface area contributed by atoms with Gasteiger partial charge in [0.2, 0.25) is 0 Å². The first-order valence-electron chi connectivity index (χ1n) is 4.38. The molecule has 1 aromatic carbocycles. The summed E-state index contributed by atoms with van der Waals surface area (Å²) in [5.41, 5.74) is 0.365. The van der Waals surface area contributed by atoms with E-state index in [1.54, 1.807) is 24.8 Å². The molecule has 15 heavy (non-hydrogen) atoms. The van der Waals surface area contributed by atoms with Crippen LogP contribution in [-0.4, -0.2) is 16.8 Å². The maximum absolute atomic E-state index is 10.5. The number of aliphatic carboxylic acids is 1. The van der Waals surface area contributed by atoms with Crippen LogP contribution in [0.1, 0.15) is 6.92 Å². The monoisotopic (exact) mass is 242 g/mol. The van der Waals surface area contributed by atoms with E-state index in [9.17, 15) is 4.79 Å². The van der Waals surface area contributed by atoms with Crippen molar-refractivity contribution >= 4 is 29.3 Å². The van der Waals surface area contributed by atoms with E-state index in [0.717, 1.165) is 4.90 Å². The van der Waals surface area contributed by atoms with Gasteiger partial charge in [-0.05, 0) is 25.1 Å². The molecule has 0 saturated carbocycles. The fourth-order valence-electron chi connectivity index (χ4n) is 0.907. The summed E-state index contributed by atoms with van der Waals surface area (Å²) in [7, 11) is 0. The van der Waals surface area contributed by atoms with Crippen LogP contribution in [-0.2, 0) is 4.79 Å². The second-order valence-corrected chi connectivity index (χ2v) is 4.49. The van der Waals surface area contributed by atoms with E-state index in [4.69, 9.17) is 16.7 Å². The molecule has 0 aliphatic heterocycles. The first-order chi connectivity index (χ1) is 7.09. The Labute approximate surface area is 97.9 Å². The highest BCUT2D eigenvalue weighted by Gasteiger charge is 1.99. The number of halogens is 1. The molecule has 0 aliphatic carbocycles. The SMILES string of the molecule is CC(=CCSc1cccc(Cl)c1)C(=O)O. The Morgan fingerprint density at radius 3 is 2.93 bits per heavy atom. The highest BCUT2D eigenvalue weighted by molar-refractivity contribution is 7.99. The van der Waals surface area contributed by atoms with Gasteiger partial charge < -0.3 is 5.11 Å². The molecule has 0 radical (unpaired) electrons. The van der Waals surface area contributed by atoms with Gasteiger partial charge in [-0.1, -0.05) is 23.7 Å². The minimum absolute atomic E-state index is 0.365. The number of benzene rings is 1. The van der Waals surface area contributed by atoms with Crippen molar-refractivity contribution in [3.63, 3.8) is 0 Å². The number of hydrogen-bond acceptors (Lipinski definition) is 2. The topological polar surface area (TPSA) is 37.3 Å². The summed E-state index contributed by atoms with van der Waals surface area (Å²) in [4.78, 5) is 11.5. The largest absolute Gasteiger partial charge is 0.478 e. The second-order valence-electron chi connectivity index (χ2n) is 2.96. The Morgan fingerprint density at radius 2 is 2.33 bits per heavy atom. The van der Waals surface area contributed by atoms with Gasteiger partial charge >= 0.3 is 5.97 Å². The van der Waals surface area contributed by atoms with Gasteiger partial charge in [0.1, 0.15) is 0 Å². The zero-order valence-corrected chi connectivity index (χ0v) is 9.81. The number of carboxylic acid groups (broad SMARTS) is 1. The minimum Gasteiger partial charge on any atom is -0.478 e. The van der Waals surface area contributed by atoms with Gasteiger partial charge in [-0.3, -0.25) is 0 Å². The zero-order valence-electron chi connectivity index (χ0n) is 8.24. The molecule has 0 bridgehead atoms. The molecule has 1 N–H and O–H groups in total. The van der Waals surface area contributed by atoms with Gasteiger partial charge in [-0.15, -0.1) is 11.8 Å². The van der Waals surface area contributed by atoms with Crippen LogP contribution in [0.2, 0.25) is 5.02 Å². The van der Waals surface area contributed by atoms with Crippen molar-refractivity contribution in [3.05, 3.63) is 40.9 Å². The molecular formula is C11H11ClO2S. The smallest absolute Gasteiger partial charge is 0.330 e. The zero-order chi connectivity index (χ0) is 11.3. The average molecular weight is 243 g/mol. The van der Waals surface area contributed by atoms with E-state index in [-0.39, 0.29) is 0 Å². The normalized spacial score (nSPS) is 11.5. The van der Waals surface area contributed by atoms with Gasteiger partial charge in [0.15, 0.2) is 0 Å². The van der Waals surface area contributed by atoms with Crippen LogP contribution in [0, 0.1) is 0 Å². The molecule has 0 spiro atoms. The third kappa shape index (κ3) is 4.40. The van der Waals surface area contributed by atoms with Gasteiger partial charge in [0.05, 0.1) is 0 Å². The van der Waals surface area contributed by atoms with Crippen LogP contribution in [0.4, 0.5) is 0 Å². The van der Waals surface area contributed by atoms with Crippen molar-refractivity contribution in [1.29, 1.82) is 0 Å². The highest BCUT2D eigenvalue weighted by Crippen LogP contribution is 2.21. The summed E-state index contributed by atoms with van der Waals surface area (Å²) in [6.07, 6.45) is 1.69. The lowest BCUT2D eigenvalue weighted by molar-refractivity contribution is -0.132. The van der Waals surface area contributed by atoms with Crippen molar-refractivity contribution < 1.29 is 9.90 Å². The van der Waals surface area contributed by atoms with Crippen LogP contribution in [0.3, 0.4) is 0 Å². The highest BCUT2D eigenvalue weighted by atomic mass is 35.5. The molecule has 0 unspecified atom stereocenters. The summed E-state index contributed by atoms with van der Waals surface area (Å²) in [6, 6.07) is 7.49. The van der Waals surface area contributed by atoms with E-state index in [1.165, 1.54) is 0 Å². The van der Waals surface area contributed by atoms with Crippen molar-refractivity contribution in [3.8, 4) is 0 Å². The van der Waals surface area contributed by atoms with Crippen LogP contribution in [0.25, 0.3) is 0 Å². The molecule has 0 amide bonds. The third-order valence-electron chi connectivity index (χ3n) is 1.77. The molecule has 0 heterocycles. The summed E-state index contributed by atoms with van der Waals surface area (Å²) in [5, 5.41) is 9.32. The fourth-order valence-corrected chi connectivity index (χ4v) is 2.07. The summed E-state index contributed by atoms with van der Waals surface area (Å²) in [6.45, 7) is 1.58. The maximum atomic E-state index is 10.5. The molecule has 0 saturated heterocycles. The van der Waals surface area contributed by atoms with Crippen molar-refractivity contribution in [2.45, 2.75) is 11.8 Å².